The average Bonchev–Trinajstić information content (AvgIpc) is 2.98. The summed E-state index contributed by atoms with van der Waals surface area (Å²) >= 11 is 0. The summed E-state index contributed by atoms with van der Waals surface area (Å²) in [6.45, 7) is 1.79. The zero-order valence-electron chi connectivity index (χ0n) is 10.5. The molecule has 0 aliphatic carbocycles. The van der Waals surface area contributed by atoms with Gasteiger partial charge in [0.25, 0.3) is 5.69 Å². The van der Waals surface area contributed by atoms with Gasteiger partial charge in [0.1, 0.15) is 11.6 Å². The van der Waals surface area contributed by atoms with Crippen LogP contribution in [0.5, 0.6) is 0 Å². The molecule has 0 bridgehead atoms. The number of nitro benzene ring substituents is 1. The molecule has 1 aromatic heterocycles. The number of para-hydroxylation sites is 1. The van der Waals surface area contributed by atoms with Gasteiger partial charge < -0.3 is 14.6 Å². The van der Waals surface area contributed by atoms with Crippen molar-refractivity contribution in [1.82, 2.24) is 15.5 Å². The summed E-state index contributed by atoms with van der Waals surface area (Å²) in [6, 6.07) is 6.12. The van der Waals surface area contributed by atoms with Gasteiger partial charge in [0, 0.05) is 12.6 Å². The summed E-state index contributed by atoms with van der Waals surface area (Å²) in [5, 5.41) is 18.0. The van der Waals surface area contributed by atoms with E-state index >= 15 is 0 Å². The van der Waals surface area contributed by atoms with Crippen molar-refractivity contribution < 1.29 is 14.2 Å². The van der Waals surface area contributed by atoms with E-state index in [4.69, 9.17) is 9.26 Å². The molecule has 1 aliphatic rings. The maximum atomic E-state index is 11.0. The molecule has 0 saturated carbocycles. The SMILES string of the molecule is O=[N+]([O-])c1ccccc1-c1noc(C2COCCN2)n1. The summed E-state index contributed by atoms with van der Waals surface area (Å²) < 4.78 is 10.5. The molecular weight excluding hydrogens is 264 g/mol. The molecule has 104 valence electrons. The van der Waals surface area contributed by atoms with Crippen LogP contribution in [0, 0.1) is 10.1 Å². The van der Waals surface area contributed by atoms with Crippen molar-refractivity contribution in [3.63, 3.8) is 0 Å². The number of aromatic nitrogens is 2. The van der Waals surface area contributed by atoms with E-state index in [1.807, 2.05) is 0 Å². The average molecular weight is 276 g/mol. The van der Waals surface area contributed by atoms with Crippen LogP contribution in [0.4, 0.5) is 5.69 Å². The molecule has 0 spiro atoms. The first-order valence-corrected chi connectivity index (χ1v) is 6.14. The molecule has 8 nitrogen and oxygen atoms in total. The van der Waals surface area contributed by atoms with Gasteiger partial charge in [0.15, 0.2) is 0 Å². The zero-order chi connectivity index (χ0) is 13.9. The van der Waals surface area contributed by atoms with Crippen LogP contribution in [-0.2, 0) is 4.74 Å². The first-order chi connectivity index (χ1) is 9.75. The number of benzene rings is 1. The Balaban J connectivity index is 1.92. The Bertz CT molecular complexity index is 621. The molecule has 1 saturated heterocycles. The normalized spacial score (nSPS) is 18.9. The molecule has 1 aliphatic heterocycles. The standard InChI is InChI=1S/C12H12N4O4/c17-16(18)10-4-2-1-3-8(10)11-14-12(20-15-11)9-7-19-6-5-13-9/h1-4,9,13H,5-7H2. The zero-order valence-corrected chi connectivity index (χ0v) is 10.5. The van der Waals surface area contributed by atoms with Gasteiger partial charge in [-0.05, 0) is 6.07 Å². The Kier molecular flexibility index (Phi) is 3.40. The maximum absolute atomic E-state index is 11.0. The highest BCUT2D eigenvalue weighted by molar-refractivity contribution is 5.67. The van der Waals surface area contributed by atoms with Gasteiger partial charge >= 0.3 is 0 Å². The number of morpholine rings is 1. The van der Waals surface area contributed by atoms with Crippen LogP contribution in [0.3, 0.4) is 0 Å². The van der Waals surface area contributed by atoms with Crippen LogP contribution in [0.25, 0.3) is 11.4 Å². The number of hydrogen-bond acceptors (Lipinski definition) is 7. The Morgan fingerprint density at radius 2 is 2.25 bits per heavy atom. The topological polar surface area (TPSA) is 103 Å². The molecule has 1 N–H and O–H groups in total. The van der Waals surface area contributed by atoms with E-state index in [1.54, 1.807) is 18.2 Å². The number of rotatable bonds is 3. The molecular formula is C12H12N4O4. The van der Waals surface area contributed by atoms with E-state index in [0.29, 0.717) is 31.2 Å². The van der Waals surface area contributed by atoms with Gasteiger partial charge in [-0.15, -0.1) is 0 Å². The van der Waals surface area contributed by atoms with Crippen molar-refractivity contribution in [3.05, 3.63) is 40.3 Å². The van der Waals surface area contributed by atoms with Gasteiger partial charge in [-0.1, -0.05) is 17.3 Å². The summed E-state index contributed by atoms with van der Waals surface area (Å²) in [5.74, 6) is 0.581. The Morgan fingerprint density at radius 3 is 3.00 bits per heavy atom. The van der Waals surface area contributed by atoms with Crippen LogP contribution in [0.1, 0.15) is 11.9 Å². The molecule has 20 heavy (non-hydrogen) atoms. The first-order valence-electron chi connectivity index (χ1n) is 6.14. The van der Waals surface area contributed by atoms with E-state index in [2.05, 4.69) is 15.5 Å². The van der Waals surface area contributed by atoms with Crippen molar-refractivity contribution in [2.75, 3.05) is 19.8 Å². The molecule has 8 heteroatoms. The van der Waals surface area contributed by atoms with Crippen molar-refractivity contribution >= 4 is 5.69 Å². The lowest BCUT2D eigenvalue weighted by Crippen LogP contribution is -2.34. The summed E-state index contributed by atoms with van der Waals surface area (Å²) in [4.78, 5) is 14.7. The van der Waals surface area contributed by atoms with E-state index in [1.165, 1.54) is 6.07 Å². The second kappa shape index (κ2) is 5.35. The number of nitro groups is 1. The molecule has 1 unspecified atom stereocenters. The minimum atomic E-state index is -0.465. The second-order valence-corrected chi connectivity index (χ2v) is 4.31. The van der Waals surface area contributed by atoms with Gasteiger partial charge in [-0.3, -0.25) is 10.1 Å². The van der Waals surface area contributed by atoms with Crippen molar-refractivity contribution in [3.8, 4) is 11.4 Å². The molecule has 1 atom stereocenters. The fourth-order valence-corrected chi connectivity index (χ4v) is 2.03. The summed E-state index contributed by atoms with van der Waals surface area (Å²) in [7, 11) is 0. The highest BCUT2D eigenvalue weighted by Crippen LogP contribution is 2.28. The van der Waals surface area contributed by atoms with Crippen LogP contribution in [0.15, 0.2) is 28.8 Å². The van der Waals surface area contributed by atoms with E-state index < -0.39 is 4.92 Å². The Hall–Kier alpha value is -2.32. The third-order valence-electron chi connectivity index (χ3n) is 3.00. The second-order valence-electron chi connectivity index (χ2n) is 4.31. The van der Waals surface area contributed by atoms with Gasteiger partial charge in [-0.25, -0.2) is 0 Å². The predicted octanol–water partition coefficient (Wildman–Crippen LogP) is 1.31. The lowest BCUT2D eigenvalue weighted by Gasteiger charge is -2.20. The highest BCUT2D eigenvalue weighted by atomic mass is 16.6. The lowest BCUT2D eigenvalue weighted by molar-refractivity contribution is -0.384. The fraction of sp³-hybridized carbons (Fsp3) is 0.333. The van der Waals surface area contributed by atoms with Crippen LogP contribution < -0.4 is 5.32 Å². The molecule has 0 amide bonds. The molecule has 2 aromatic rings. The van der Waals surface area contributed by atoms with Crippen molar-refractivity contribution in [2.45, 2.75) is 6.04 Å². The van der Waals surface area contributed by atoms with Crippen LogP contribution >= 0.6 is 0 Å². The maximum Gasteiger partial charge on any atom is 0.280 e. The minimum absolute atomic E-state index is 0.0484. The third-order valence-corrected chi connectivity index (χ3v) is 3.00. The number of ether oxygens (including phenoxy) is 1. The molecule has 1 fully saturated rings. The van der Waals surface area contributed by atoms with E-state index in [0.717, 1.165) is 0 Å². The monoisotopic (exact) mass is 276 g/mol. The smallest absolute Gasteiger partial charge is 0.280 e. The first kappa shape index (κ1) is 12.7. The highest BCUT2D eigenvalue weighted by Gasteiger charge is 2.24. The van der Waals surface area contributed by atoms with Crippen molar-refractivity contribution in [2.24, 2.45) is 0 Å². The van der Waals surface area contributed by atoms with Crippen LogP contribution in [-0.4, -0.2) is 34.8 Å². The predicted molar refractivity (Wildman–Crippen MR) is 68.0 cm³/mol. The number of nitrogens with zero attached hydrogens (tertiary/aromatic N) is 3. The Morgan fingerprint density at radius 1 is 1.40 bits per heavy atom. The Labute approximate surface area is 113 Å². The third kappa shape index (κ3) is 2.38. The van der Waals surface area contributed by atoms with Gasteiger partial charge in [0.05, 0.1) is 18.1 Å². The van der Waals surface area contributed by atoms with Crippen molar-refractivity contribution in [1.29, 1.82) is 0 Å². The molecule has 3 rings (SSSR count). The summed E-state index contributed by atoms with van der Waals surface area (Å²) in [5.41, 5.74) is 0.289. The largest absolute Gasteiger partial charge is 0.378 e. The molecule has 0 radical (unpaired) electrons. The number of nitrogens with one attached hydrogen (secondary N) is 1. The van der Waals surface area contributed by atoms with Gasteiger partial charge in [0.2, 0.25) is 11.7 Å². The fourth-order valence-electron chi connectivity index (χ4n) is 2.03. The molecule has 2 heterocycles. The van der Waals surface area contributed by atoms with E-state index in [9.17, 15) is 10.1 Å². The van der Waals surface area contributed by atoms with Gasteiger partial charge in [-0.2, -0.15) is 4.98 Å². The number of hydrogen-bond donors (Lipinski definition) is 1. The summed E-state index contributed by atoms with van der Waals surface area (Å²) in [6.07, 6.45) is 0. The quantitative estimate of drug-likeness (QED) is 0.665. The lowest BCUT2D eigenvalue weighted by atomic mass is 10.1. The minimum Gasteiger partial charge on any atom is -0.378 e. The van der Waals surface area contributed by atoms with Crippen LogP contribution in [0.2, 0.25) is 0 Å². The van der Waals surface area contributed by atoms with E-state index in [-0.39, 0.29) is 17.6 Å². The molecule has 1 aromatic carbocycles.